The van der Waals surface area contributed by atoms with E-state index in [1.807, 2.05) is 13.0 Å². The van der Waals surface area contributed by atoms with E-state index in [2.05, 4.69) is 4.84 Å². The van der Waals surface area contributed by atoms with Crippen LogP contribution in [0.3, 0.4) is 0 Å². The molecular formula is C11H17NO3S. The Labute approximate surface area is 96.3 Å². The summed E-state index contributed by atoms with van der Waals surface area (Å²) in [5.74, 6) is 4.92. The first-order valence-electron chi connectivity index (χ1n) is 5.09. The van der Waals surface area contributed by atoms with E-state index in [4.69, 9.17) is 5.90 Å². The van der Waals surface area contributed by atoms with Gasteiger partial charge >= 0.3 is 0 Å². The number of aryl methyl sites for hydroxylation is 2. The normalized spacial score (nSPS) is 11.7. The van der Waals surface area contributed by atoms with E-state index in [0.29, 0.717) is 11.3 Å². The predicted molar refractivity (Wildman–Crippen MR) is 62.7 cm³/mol. The summed E-state index contributed by atoms with van der Waals surface area (Å²) in [5, 5.41) is 0. The number of benzene rings is 1. The lowest BCUT2D eigenvalue weighted by Crippen LogP contribution is -2.12. The van der Waals surface area contributed by atoms with Gasteiger partial charge in [0, 0.05) is 0 Å². The van der Waals surface area contributed by atoms with Gasteiger partial charge in [-0.05, 0) is 31.9 Å². The van der Waals surface area contributed by atoms with Crippen LogP contribution in [0.2, 0.25) is 0 Å². The van der Waals surface area contributed by atoms with Crippen molar-refractivity contribution in [1.29, 1.82) is 0 Å². The van der Waals surface area contributed by atoms with Gasteiger partial charge in [0.15, 0.2) is 9.84 Å². The Balaban J connectivity index is 2.90. The highest BCUT2D eigenvalue weighted by atomic mass is 32.2. The van der Waals surface area contributed by atoms with Crippen LogP contribution in [-0.4, -0.2) is 20.8 Å². The Hall–Kier alpha value is -0.910. The smallest absolute Gasteiger partial charge is 0.178 e. The maximum absolute atomic E-state index is 11.9. The number of hydrogen-bond acceptors (Lipinski definition) is 4. The Morgan fingerprint density at radius 2 is 2.00 bits per heavy atom. The van der Waals surface area contributed by atoms with E-state index < -0.39 is 9.84 Å². The fraction of sp³-hybridized carbons (Fsp3) is 0.455. The van der Waals surface area contributed by atoms with E-state index in [0.717, 1.165) is 11.1 Å². The van der Waals surface area contributed by atoms with Crippen molar-refractivity contribution in [3.05, 3.63) is 29.3 Å². The van der Waals surface area contributed by atoms with Crippen molar-refractivity contribution in [2.24, 2.45) is 5.90 Å². The molecule has 5 heteroatoms. The van der Waals surface area contributed by atoms with Crippen molar-refractivity contribution in [3.8, 4) is 0 Å². The Morgan fingerprint density at radius 3 is 2.56 bits per heavy atom. The molecule has 1 aromatic rings. The summed E-state index contributed by atoms with van der Waals surface area (Å²) in [5.41, 5.74) is 1.84. The zero-order chi connectivity index (χ0) is 12.2. The van der Waals surface area contributed by atoms with Gasteiger partial charge in [-0.2, -0.15) is 0 Å². The average molecular weight is 243 g/mol. The molecule has 0 unspecified atom stereocenters. The molecule has 90 valence electrons. The van der Waals surface area contributed by atoms with Gasteiger partial charge in [0.05, 0.1) is 17.3 Å². The van der Waals surface area contributed by atoms with E-state index in [1.165, 1.54) is 0 Å². The zero-order valence-corrected chi connectivity index (χ0v) is 10.4. The van der Waals surface area contributed by atoms with Gasteiger partial charge in [-0.25, -0.2) is 14.3 Å². The minimum absolute atomic E-state index is 0.0636. The summed E-state index contributed by atoms with van der Waals surface area (Å²) in [6.45, 7) is 4.00. The van der Waals surface area contributed by atoms with Crippen LogP contribution < -0.4 is 5.90 Å². The van der Waals surface area contributed by atoms with Crippen LogP contribution in [0.25, 0.3) is 0 Å². The summed E-state index contributed by atoms with van der Waals surface area (Å²) in [4.78, 5) is 4.76. The molecule has 0 aliphatic carbocycles. The quantitative estimate of drug-likeness (QED) is 0.626. The van der Waals surface area contributed by atoms with Crippen molar-refractivity contribution in [2.75, 3.05) is 12.4 Å². The van der Waals surface area contributed by atoms with Crippen LogP contribution >= 0.6 is 0 Å². The molecule has 1 rings (SSSR count). The predicted octanol–water partition coefficient (Wildman–Crippen LogP) is 1.36. The molecule has 0 radical (unpaired) electrons. The van der Waals surface area contributed by atoms with Crippen LogP contribution in [0.4, 0.5) is 0 Å². The SMILES string of the molecule is Cc1ccc(S(=O)(=O)CCCON)c(C)c1. The highest BCUT2D eigenvalue weighted by molar-refractivity contribution is 7.91. The average Bonchev–Trinajstić information content (AvgIpc) is 2.17. The molecule has 0 aromatic heterocycles. The Bertz CT molecular complexity index is 454. The standard InChI is InChI=1S/C11H17NO3S/c1-9-4-5-11(10(2)8-9)16(13,14)7-3-6-15-12/h4-5,8H,3,6-7,12H2,1-2H3. The number of rotatable bonds is 5. The van der Waals surface area contributed by atoms with E-state index in [-0.39, 0.29) is 12.4 Å². The minimum atomic E-state index is -3.22. The summed E-state index contributed by atoms with van der Waals surface area (Å²) in [7, 11) is -3.22. The van der Waals surface area contributed by atoms with Crippen LogP contribution in [0.1, 0.15) is 17.5 Å². The molecule has 0 saturated carbocycles. The summed E-state index contributed by atoms with van der Waals surface area (Å²) in [6, 6.07) is 5.33. The molecule has 0 fully saturated rings. The maximum Gasteiger partial charge on any atom is 0.178 e. The van der Waals surface area contributed by atoms with Crippen LogP contribution in [-0.2, 0) is 14.7 Å². The molecule has 2 N–H and O–H groups in total. The molecule has 0 heterocycles. The van der Waals surface area contributed by atoms with Gasteiger partial charge in [-0.1, -0.05) is 17.7 Å². The van der Waals surface area contributed by atoms with Gasteiger partial charge in [0.2, 0.25) is 0 Å². The lowest BCUT2D eigenvalue weighted by molar-refractivity contribution is 0.139. The minimum Gasteiger partial charge on any atom is -0.305 e. The molecule has 0 bridgehead atoms. The highest BCUT2D eigenvalue weighted by Crippen LogP contribution is 2.18. The van der Waals surface area contributed by atoms with Crippen molar-refractivity contribution in [1.82, 2.24) is 0 Å². The van der Waals surface area contributed by atoms with Crippen LogP contribution in [0.5, 0.6) is 0 Å². The number of sulfone groups is 1. The maximum atomic E-state index is 11.9. The molecule has 0 amide bonds. The molecule has 0 atom stereocenters. The molecule has 16 heavy (non-hydrogen) atoms. The van der Waals surface area contributed by atoms with Crippen molar-refractivity contribution in [3.63, 3.8) is 0 Å². The lowest BCUT2D eigenvalue weighted by atomic mass is 10.2. The lowest BCUT2D eigenvalue weighted by Gasteiger charge is -2.08. The van der Waals surface area contributed by atoms with Crippen molar-refractivity contribution < 1.29 is 13.3 Å². The third-order valence-corrected chi connectivity index (χ3v) is 4.30. The summed E-state index contributed by atoms with van der Waals surface area (Å²) >= 11 is 0. The molecule has 4 nitrogen and oxygen atoms in total. The molecular weight excluding hydrogens is 226 g/mol. The number of nitrogens with two attached hydrogens (primary N) is 1. The highest BCUT2D eigenvalue weighted by Gasteiger charge is 2.16. The fourth-order valence-corrected chi connectivity index (χ4v) is 3.13. The van der Waals surface area contributed by atoms with E-state index in [9.17, 15) is 8.42 Å². The number of hydrogen-bond donors (Lipinski definition) is 1. The molecule has 0 aliphatic heterocycles. The largest absolute Gasteiger partial charge is 0.305 e. The van der Waals surface area contributed by atoms with Gasteiger partial charge < -0.3 is 4.84 Å². The third-order valence-electron chi connectivity index (χ3n) is 2.34. The van der Waals surface area contributed by atoms with Gasteiger partial charge in [0.1, 0.15) is 0 Å². The Morgan fingerprint density at radius 1 is 1.31 bits per heavy atom. The van der Waals surface area contributed by atoms with E-state index in [1.54, 1.807) is 19.1 Å². The fourth-order valence-electron chi connectivity index (χ4n) is 1.59. The second-order valence-corrected chi connectivity index (χ2v) is 5.89. The first kappa shape index (κ1) is 13.2. The topological polar surface area (TPSA) is 69.4 Å². The second kappa shape index (κ2) is 5.43. The first-order chi connectivity index (χ1) is 7.47. The van der Waals surface area contributed by atoms with Crippen LogP contribution in [0.15, 0.2) is 23.1 Å². The van der Waals surface area contributed by atoms with Crippen LogP contribution in [0, 0.1) is 13.8 Å². The summed E-state index contributed by atoms with van der Waals surface area (Å²) in [6.07, 6.45) is 0.409. The monoisotopic (exact) mass is 243 g/mol. The molecule has 0 spiro atoms. The van der Waals surface area contributed by atoms with Gasteiger partial charge in [-0.3, -0.25) is 0 Å². The molecule has 0 saturated heterocycles. The first-order valence-corrected chi connectivity index (χ1v) is 6.74. The van der Waals surface area contributed by atoms with Crippen molar-refractivity contribution >= 4 is 9.84 Å². The third kappa shape index (κ3) is 3.30. The van der Waals surface area contributed by atoms with Gasteiger partial charge in [-0.15, -0.1) is 0 Å². The zero-order valence-electron chi connectivity index (χ0n) is 9.56. The summed E-state index contributed by atoms with van der Waals surface area (Å²) < 4.78 is 23.9. The van der Waals surface area contributed by atoms with Crippen molar-refractivity contribution in [2.45, 2.75) is 25.2 Å². The molecule has 0 aliphatic rings. The second-order valence-electron chi connectivity index (χ2n) is 3.81. The Kier molecular flexibility index (Phi) is 4.46. The molecule has 1 aromatic carbocycles. The van der Waals surface area contributed by atoms with E-state index >= 15 is 0 Å². The van der Waals surface area contributed by atoms with Gasteiger partial charge in [0.25, 0.3) is 0 Å².